The van der Waals surface area contributed by atoms with Gasteiger partial charge >= 0.3 is 0 Å². The summed E-state index contributed by atoms with van der Waals surface area (Å²) in [7, 11) is 0. The molecule has 80 valence electrons. The second-order valence-corrected chi connectivity index (χ2v) is 4.42. The molecule has 16 heavy (non-hydrogen) atoms. The number of piperidine rings is 1. The van der Waals surface area contributed by atoms with Crippen LogP contribution in [0.15, 0.2) is 18.2 Å². The number of hydrogen-bond acceptors (Lipinski definition) is 2. The quantitative estimate of drug-likeness (QED) is 0.617. The van der Waals surface area contributed by atoms with E-state index in [0.29, 0.717) is 5.56 Å². The van der Waals surface area contributed by atoms with Crippen molar-refractivity contribution in [1.29, 1.82) is 5.26 Å². The summed E-state index contributed by atoms with van der Waals surface area (Å²) in [5.74, 6) is 0.865. The van der Waals surface area contributed by atoms with E-state index >= 15 is 0 Å². The van der Waals surface area contributed by atoms with Crippen LogP contribution in [0.3, 0.4) is 0 Å². The molecule has 2 atom stereocenters. The van der Waals surface area contributed by atoms with E-state index in [1.54, 1.807) is 0 Å². The Balaban J connectivity index is 2.06. The zero-order valence-corrected chi connectivity index (χ0v) is 9.02. The molecule has 2 aliphatic heterocycles. The summed E-state index contributed by atoms with van der Waals surface area (Å²) in [6.07, 6.45) is 2.42. The van der Waals surface area contributed by atoms with Gasteiger partial charge in [-0.15, -0.1) is 0 Å². The molecule has 2 heterocycles. The topological polar surface area (TPSA) is 36.0 Å². The highest BCUT2D eigenvalue weighted by Crippen LogP contribution is 2.42. The Morgan fingerprint density at radius 3 is 3.19 bits per heavy atom. The molecular formula is C13H13N2O+. The van der Waals surface area contributed by atoms with Crippen LogP contribution in [0.2, 0.25) is 0 Å². The summed E-state index contributed by atoms with van der Waals surface area (Å²) in [5.41, 5.74) is 1.84. The highest BCUT2D eigenvalue weighted by molar-refractivity contribution is 5.46. The summed E-state index contributed by atoms with van der Waals surface area (Å²) >= 11 is 0. The van der Waals surface area contributed by atoms with Crippen LogP contribution in [0.25, 0.3) is 0 Å². The molecule has 0 aliphatic carbocycles. The SMILES string of the molecule is C=[N+]1CCC[C@@H]2Oc3cc(C#N)ccc3[C@@H]21. The van der Waals surface area contributed by atoms with Crippen molar-refractivity contribution < 1.29 is 9.31 Å². The van der Waals surface area contributed by atoms with Crippen molar-refractivity contribution in [3.63, 3.8) is 0 Å². The van der Waals surface area contributed by atoms with Crippen LogP contribution in [0.5, 0.6) is 5.75 Å². The fourth-order valence-corrected chi connectivity index (χ4v) is 2.66. The summed E-state index contributed by atoms with van der Waals surface area (Å²) in [5, 5.41) is 8.85. The summed E-state index contributed by atoms with van der Waals surface area (Å²) in [6.45, 7) is 5.09. The molecule has 0 amide bonds. The molecule has 3 rings (SSSR count). The molecular weight excluding hydrogens is 200 g/mol. The molecule has 3 heteroatoms. The molecule has 1 aromatic rings. The van der Waals surface area contributed by atoms with E-state index < -0.39 is 0 Å². The lowest BCUT2D eigenvalue weighted by Gasteiger charge is -2.21. The maximum atomic E-state index is 8.85. The van der Waals surface area contributed by atoms with E-state index in [2.05, 4.69) is 17.4 Å². The van der Waals surface area contributed by atoms with Crippen LogP contribution in [0.1, 0.15) is 30.0 Å². The number of nitrogens with zero attached hydrogens (tertiary/aromatic N) is 2. The van der Waals surface area contributed by atoms with Gasteiger partial charge in [0.15, 0.2) is 6.10 Å². The van der Waals surface area contributed by atoms with Gasteiger partial charge in [-0.25, -0.2) is 4.58 Å². The highest BCUT2D eigenvalue weighted by atomic mass is 16.5. The molecule has 0 bridgehead atoms. The highest BCUT2D eigenvalue weighted by Gasteiger charge is 2.43. The minimum atomic E-state index is 0.218. The number of rotatable bonds is 0. The molecule has 1 fully saturated rings. The molecule has 1 saturated heterocycles. The minimum absolute atomic E-state index is 0.218. The summed E-state index contributed by atoms with van der Waals surface area (Å²) in [4.78, 5) is 0. The van der Waals surface area contributed by atoms with Gasteiger partial charge < -0.3 is 4.74 Å². The van der Waals surface area contributed by atoms with Gasteiger partial charge in [-0.05, 0) is 24.6 Å². The van der Waals surface area contributed by atoms with E-state index in [4.69, 9.17) is 10.00 Å². The largest absolute Gasteiger partial charge is 0.482 e. The number of ether oxygens (including phenoxy) is 1. The predicted molar refractivity (Wildman–Crippen MR) is 59.8 cm³/mol. The van der Waals surface area contributed by atoms with E-state index in [1.165, 1.54) is 5.56 Å². The number of nitriles is 1. The lowest BCUT2D eigenvalue weighted by Crippen LogP contribution is -2.34. The predicted octanol–water partition coefficient (Wildman–Crippen LogP) is 1.87. The maximum Gasteiger partial charge on any atom is 0.217 e. The summed E-state index contributed by atoms with van der Waals surface area (Å²) in [6, 6.07) is 8.11. The van der Waals surface area contributed by atoms with E-state index in [0.717, 1.165) is 25.1 Å². The molecule has 0 N–H and O–H groups in total. The van der Waals surface area contributed by atoms with Crippen LogP contribution in [-0.2, 0) is 0 Å². The lowest BCUT2D eigenvalue weighted by molar-refractivity contribution is -0.581. The average Bonchev–Trinajstić information content (AvgIpc) is 2.67. The molecule has 0 radical (unpaired) electrons. The third-order valence-electron chi connectivity index (χ3n) is 3.42. The standard InChI is InChI=1S/C13H13N2O/c1-15-6-2-3-11-13(15)10-5-4-9(8-14)7-12(10)16-11/h4-5,7,11,13H,1-3,6H2/q+1/t11-,13-/m0/s1. The molecule has 1 aromatic carbocycles. The maximum absolute atomic E-state index is 8.85. The van der Waals surface area contributed by atoms with Crippen molar-refractivity contribution in [2.75, 3.05) is 6.54 Å². The average molecular weight is 213 g/mol. The second-order valence-electron chi connectivity index (χ2n) is 4.42. The van der Waals surface area contributed by atoms with Crippen molar-refractivity contribution in [2.24, 2.45) is 0 Å². The van der Waals surface area contributed by atoms with Gasteiger partial charge in [0.1, 0.15) is 19.0 Å². The zero-order valence-electron chi connectivity index (χ0n) is 9.02. The van der Waals surface area contributed by atoms with Crippen molar-refractivity contribution in [3.8, 4) is 11.8 Å². The minimum Gasteiger partial charge on any atom is -0.482 e. The first-order chi connectivity index (χ1) is 7.79. The second kappa shape index (κ2) is 3.34. The van der Waals surface area contributed by atoms with E-state index in [9.17, 15) is 0 Å². The molecule has 0 saturated carbocycles. The lowest BCUT2D eigenvalue weighted by atomic mass is 9.95. The van der Waals surface area contributed by atoms with E-state index in [1.807, 2.05) is 18.2 Å². The van der Waals surface area contributed by atoms with Gasteiger partial charge in [-0.1, -0.05) is 0 Å². The Labute approximate surface area is 94.6 Å². The smallest absolute Gasteiger partial charge is 0.217 e. The Morgan fingerprint density at radius 2 is 2.38 bits per heavy atom. The molecule has 0 spiro atoms. The fraction of sp³-hybridized carbons (Fsp3) is 0.385. The van der Waals surface area contributed by atoms with Crippen molar-refractivity contribution in [2.45, 2.75) is 25.0 Å². The van der Waals surface area contributed by atoms with Gasteiger partial charge in [0.05, 0.1) is 17.2 Å². The number of fused-ring (bicyclic) bond motifs is 3. The van der Waals surface area contributed by atoms with Crippen molar-refractivity contribution in [1.82, 2.24) is 0 Å². The first-order valence-corrected chi connectivity index (χ1v) is 5.57. The van der Waals surface area contributed by atoms with Gasteiger partial charge in [0.25, 0.3) is 0 Å². The number of hydrogen-bond donors (Lipinski definition) is 0. The van der Waals surface area contributed by atoms with E-state index in [-0.39, 0.29) is 12.1 Å². The first kappa shape index (κ1) is 9.41. The zero-order chi connectivity index (χ0) is 11.1. The van der Waals surface area contributed by atoms with Crippen LogP contribution in [0.4, 0.5) is 0 Å². The van der Waals surface area contributed by atoms with Crippen molar-refractivity contribution >= 4 is 6.72 Å². The third-order valence-corrected chi connectivity index (χ3v) is 3.42. The monoisotopic (exact) mass is 213 g/mol. The van der Waals surface area contributed by atoms with Gasteiger partial charge in [-0.2, -0.15) is 5.26 Å². The van der Waals surface area contributed by atoms with Gasteiger partial charge in [0.2, 0.25) is 6.04 Å². The van der Waals surface area contributed by atoms with Gasteiger partial charge in [-0.3, -0.25) is 0 Å². The van der Waals surface area contributed by atoms with Crippen LogP contribution in [0, 0.1) is 11.3 Å². The Hall–Kier alpha value is -1.82. The van der Waals surface area contributed by atoms with Crippen LogP contribution in [-0.4, -0.2) is 23.9 Å². The first-order valence-electron chi connectivity index (χ1n) is 5.57. The molecule has 2 aliphatic rings. The molecule has 0 unspecified atom stereocenters. The number of benzene rings is 1. The van der Waals surface area contributed by atoms with Crippen LogP contribution < -0.4 is 4.74 Å². The van der Waals surface area contributed by atoms with Gasteiger partial charge in [0, 0.05) is 6.42 Å². The molecule has 3 nitrogen and oxygen atoms in total. The third kappa shape index (κ3) is 1.23. The summed E-state index contributed by atoms with van der Waals surface area (Å²) < 4.78 is 7.99. The molecule has 0 aromatic heterocycles. The Kier molecular flexibility index (Phi) is 1.97. The Morgan fingerprint density at radius 1 is 1.50 bits per heavy atom. The fourth-order valence-electron chi connectivity index (χ4n) is 2.66. The van der Waals surface area contributed by atoms with Crippen LogP contribution >= 0.6 is 0 Å². The Bertz CT molecular complexity index is 501. The normalized spacial score (nSPS) is 26.6. The van der Waals surface area contributed by atoms with Crippen molar-refractivity contribution in [3.05, 3.63) is 29.3 Å².